The van der Waals surface area contributed by atoms with Crippen molar-refractivity contribution in [2.24, 2.45) is 0 Å². The van der Waals surface area contributed by atoms with E-state index in [0.29, 0.717) is 29.8 Å². The van der Waals surface area contributed by atoms with Crippen LogP contribution in [-0.2, 0) is 57.1 Å². The number of amides is 1. The molecule has 0 aliphatic carbocycles. The molecule has 0 bridgehead atoms. The molecule has 0 heterocycles. The summed E-state index contributed by atoms with van der Waals surface area (Å²) in [7, 11) is 16.2. The van der Waals surface area contributed by atoms with E-state index in [4.69, 9.17) is 28.3 Å². The van der Waals surface area contributed by atoms with Gasteiger partial charge in [-0.15, -0.1) is 0 Å². The van der Waals surface area contributed by atoms with E-state index >= 15 is 0 Å². The van der Waals surface area contributed by atoms with E-state index in [2.05, 4.69) is 19.5 Å². The zero-order valence-electron chi connectivity index (χ0n) is 19.8. The Morgan fingerprint density at radius 1 is 0.892 bits per heavy atom. The molecule has 0 unspecified atom stereocenters. The number of benzene rings is 2. The summed E-state index contributed by atoms with van der Waals surface area (Å²) in [6.45, 7) is 0.135. The fourth-order valence-corrected chi connectivity index (χ4v) is 2.59. The van der Waals surface area contributed by atoms with Crippen molar-refractivity contribution in [3.63, 3.8) is 0 Å². The third kappa shape index (κ3) is 15.4. The predicted molar refractivity (Wildman–Crippen MR) is 133 cm³/mol. The first kappa shape index (κ1) is 33.7. The Balaban J connectivity index is 0.000000718. The average molecular weight is 681 g/mol. The number of anilines is 1. The zero-order valence-corrected chi connectivity index (χ0v) is 22.2. The molecule has 2 aromatic rings. The number of phenols is 1. The third-order valence-electron chi connectivity index (χ3n) is 4.13. The first-order chi connectivity index (χ1) is 17.1. The summed E-state index contributed by atoms with van der Waals surface area (Å²) in [4.78, 5) is 41.9. The van der Waals surface area contributed by atoms with Gasteiger partial charge in [0, 0.05) is 44.0 Å². The third-order valence-corrected chi connectivity index (χ3v) is 4.13. The van der Waals surface area contributed by atoms with E-state index in [9.17, 15) is 24.3 Å². The molecule has 0 fully saturated rings. The van der Waals surface area contributed by atoms with Crippen LogP contribution in [0.5, 0.6) is 5.75 Å². The first-order valence-corrected chi connectivity index (χ1v) is 10.2. The van der Waals surface area contributed by atoms with Gasteiger partial charge in [0.15, 0.2) is 0 Å². The van der Waals surface area contributed by atoms with E-state index in [1.807, 2.05) is 0 Å². The van der Waals surface area contributed by atoms with Gasteiger partial charge in [-0.1, -0.05) is 18.2 Å². The molecule has 0 saturated carbocycles. The first-order valence-electron chi connectivity index (χ1n) is 10.2. The monoisotopic (exact) mass is 682 g/mol. The summed E-state index contributed by atoms with van der Waals surface area (Å²) in [5.41, 5.74) is 3.26. The number of nitrogens with one attached hydrogen (secondary N) is 1. The van der Waals surface area contributed by atoms with Gasteiger partial charge in [0.05, 0.1) is 6.61 Å². The second-order valence-corrected chi connectivity index (χ2v) is 6.91. The molecular formula is C23H22B3IrNO9. The van der Waals surface area contributed by atoms with E-state index in [1.165, 1.54) is 6.07 Å². The van der Waals surface area contributed by atoms with Crippen molar-refractivity contribution in [1.82, 2.24) is 0 Å². The molecule has 1 amide bonds. The van der Waals surface area contributed by atoms with E-state index in [0.717, 1.165) is 11.1 Å². The number of carbonyl (C=O) groups is 4. The molecule has 37 heavy (non-hydrogen) atoms. The fraction of sp³-hybridized carbons (Fsp3) is 0.217. The van der Waals surface area contributed by atoms with Gasteiger partial charge in [-0.25, -0.2) is 0 Å². The van der Waals surface area contributed by atoms with Crippen LogP contribution < -0.4 is 5.32 Å². The molecule has 0 aliphatic heterocycles. The molecule has 191 valence electrons. The molecule has 14 heteroatoms. The number of methoxy groups -OCH3 is 1. The number of aromatic hydroxyl groups is 1. The summed E-state index contributed by atoms with van der Waals surface area (Å²) >= 11 is 0. The molecule has 10 nitrogen and oxygen atoms in total. The van der Waals surface area contributed by atoms with Gasteiger partial charge in [-0.3, -0.25) is 19.2 Å². The predicted octanol–water partition coefficient (Wildman–Crippen LogP) is 2.59. The number of ether oxygens (including phenoxy) is 4. The number of hydrogen-bond donors (Lipinski definition) is 2. The number of hydrogen-bond acceptors (Lipinski definition) is 9. The van der Waals surface area contributed by atoms with Crippen molar-refractivity contribution >= 4 is 59.3 Å². The largest absolute Gasteiger partial charge is 0.508 e. The van der Waals surface area contributed by atoms with Crippen molar-refractivity contribution in [1.29, 1.82) is 0 Å². The Bertz CT molecular complexity index is 1050. The number of carbonyl (C=O) groups excluding carboxylic acids is 4. The van der Waals surface area contributed by atoms with Crippen molar-refractivity contribution < 1.29 is 63.3 Å². The number of phenolic OH excluding ortho intramolecular Hbond substituents is 1. The molecule has 0 aromatic heterocycles. The summed E-state index contributed by atoms with van der Waals surface area (Å²) in [6, 6.07) is 11.8. The van der Waals surface area contributed by atoms with Crippen LogP contribution in [0.3, 0.4) is 0 Å². The van der Waals surface area contributed by atoms with Gasteiger partial charge < -0.3 is 29.4 Å². The van der Waals surface area contributed by atoms with Gasteiger partial charge in [0.25, 0.3) is 0 Å². The maximum Gasteiger partial charge on any atom is 0.236 e. The molecule has 2 rings (SSSR count). The molecule has 2 N–H and O–H groups in total. The van der Waals surface area contributed by atoms with Crippen LogP contribution in [0.15, 0.2) is 48.0 Å². The summed E-state index contributed by atoms with van der Waals surface area (Å²) in [6.07, 6.45) is 2.22. The van der Waals surface area contributed by atoms with Gasteiger partial charge in [-0.2, -0.15) is 0 Å². The molecule has 2 aromatic carbocycles. The Hall–Kier alpha value is -3.34. The van der Waals surface area contributed by atoms with Crippen LogP contribution in [0.1, 0.15) is 16.7 Å². The Morgan fingerprint density at radius 3 is 1.95 bits per heavy atom. The summed E-state index contributed by atoms with van der Waals surface area (Å²) in [5.74, 6) is -2.68. The molecule has 7 radical (unpaired) electrons. The van der Waals surface area contributed by atoms with Crippen molar-refractivity contribution in [3.05, 3.63) is 64.7 Å². The SMILES string of the molecule is [B]C(=O)OCC(=Cc1ccc(NC=O)cc1)COC([B])=O.[B]C(=O)OCc1cc(COC)ccc1O.[Ir]. The zero-order chi connectivity index (χ0) is 26.9. The fourth-order valence-electron chi connectivity index (χ4n) is 2.59. The normalized spacial score (nSPS) is 9.32. The maximum absolute atomic E-state index is 10.6. The van der Waals surface area contributed by atoms with Crippen LogP contribution in [-0.4, -0.2) is 73.0 Å². The quantitative estimate of drug-likeness (QED) is 0.209. The molecular weight excluding hydrogens is 659 g/mol. The van der Waals surface area contributed by atoms with Crippen LogP contribution in [0.4, 0.5) is 20.1 Å². The van der Waals surface area contributed by atoms with Crippen LogP contribution in [0.2, 0.25) is 0 Å². The number of rotatable bonds is 11. The van der Waals surface area contributed by atoms with E-state index in [-0.39, 0.29) is 45.7 Å². The molecule has 0 spiro atoms. The second kappa shape index (κ2) is 18.9. The second-order valence-electron chi connectivity index (χ2n) is 6.91. The average Bonchev–Trinajstić information content (AvgIpc) is 2.83. The van der Waals surface area contributed by atoms with E-state index < -0.39 is 17.6 Å². The van der Waals surface area contributed by atoms with Crippen LogP contribution >= 0.6 is 0 Å². The minimum absolute atomic E-state index is 0. The minimum Gasteiger partial charge on any atom is -0.508 e. The summed E-state index contributed by atoms with van der Waals surface area (Å²) in [5, 5.41) is 11.9. The summed E-state index contributed by atoms with van der Waals surface area (Å²) < 4.78 is 18.8. The standard InChI is InChI=1S/C13H11B2NO5.C10H11BO4.Ir/c14-12(18)20-6-10(7-21-13(15)19)5-9-1-3-11(4-2-9)16-8-17;1-14-5-7-2-3-9(12)8(4-7)6-15-10(11)13;/h1-5,8H,6-7H2,(H,16,17);2-4,12H,5-6H2,1H3;. The van der Waals surface area contributed by atoms with Crippen LogP contribution in [0, 0.1) is 0 Å². The van der Waals surface area contributed by atoms with Gasteiger partial charge in [-0.05, 0) is 41.5 Å². The Morgan fingerprint density at radius 2 is 1.46 bits per heavy atom. The Labute approximate surface area is 231 Å². The van der Waals surface area contributed by atoms with Crippen molar-refractivity contribution in [2.45, 2.75) is 13.2 Å². The van der Waals surface area contributed by atoms with Crippen molar-refractivity contribution in [2.75, 3.05) is 25.6 Å². The maximum atomic E-state index is 10.6. The molecule has 0 saturated heterocycles. The van der Waals surface area contributed by atoms with E-state index in [1.54, 1.807) is 49.6 Å². The van der Waals surface area contributed by atoms with Gasteiger partial charge >= 0.3 is 0 Å². The molecule has 0 aliphatic rings. The van der Waals surface area contributed by atoms with Gasteiger partial charge in [0.1, 0.15) is 25.6 Å². The Kier molecular flexibility index (Phi) is 17.2. The minimum atomic E-state index is -0.939. The molecule has 0 atom stereocenters. The smallest absolute Gasteiger partial charge is 0.236 e. The van der Waals surface area contributed by atoms with Crippen LogP contribution in [0.25, 0.3) is 6.08 Å². The van der Waals surface area contributed by atoms with Gasteiger partial charge in [0.2, 0.25) is 47.6 Å². The topological polar surface area (TPSA) is 137 Å². The van der Waals surface area contributed by atoms with Crippen molar-refractivity contribution in [3.8, 4) is 5.75 Å².